The van der Waals surface area contributed by atoms with Gasteiger partial charge in [0.2, 0.25) is 0 Å². The molecule has 0 spiro atoms. The number of hydrogen-bond donors (Lipinski definition) is 0. The number of hydrogen-bond acceptors (Lipinski definition) is 3. The predicted octanol–water partition coefficient (Wildman–Crippen LogP) is 15.1. The Kier molecular flexibility index (Phi) is 10.9. The van der Waals surface area contributed by atoms with E-state index in [-0.39, 0.29) is 20.1 Å². The molecule has 0 saturated carbocycles. The number of benzene rings is 9. The summed E-state index contributed by atoms with van der Waals surface area (Å²) in [5.74, 6) is 0.784. The molecular formula is C58H37IrN3O-2. The molecule has 3 aromatic heterocycles. The molecule has 0 bridgehead atoms. The van der Waals surface area contributed by atoms with Crippen molar-refractivity contribution in [1.29, 1.82) is 0 Å². The molecule has 0 aliphatic carbocycles. The summed E-state index contributed by atoms with van der Waals surface area (Å²) in [4.78, 5) is 9.52. The van der Waals surface area contributed by atoms with E-state index in [4.69, 9.17) is 9.40 Å². The molecule has 1 radical (unpaired) electrons. The van der Waals surface area contributed by atoms with Crippen molar-refractivity contribution in [2.45, 2.75) is 0 Å². The third-order valence-electron chi connectivity index (χ3n) is 11.5. The summed E-state index contributed by atoms with van der Waals surface area (Å²) in [5.41, 5.74) is 13.4. The summed E-state index contributed by atoms with van der Waals surface area (Å²) in [5, 5.41) is 5.93. The van der Waals surface area contributed by atoms with Crippen LogP contribution in [0.4, 0.5) is 0 Å². The van der Waals surface area contributed by atoms with Gasteiger partial charge < -0.3 is 14.0 Å². The Morgan fingerprint density at radius 3 is 1.84 bits per heavy atom. The van der Waals surface area contributed by atoms with Crippen molar-refractivity contribution in [1.82, 2.24) is 14.5 Å². The first-order valence-corrected chi connectivity index (χ1v) is 20.7. The van der Waals surface area contributed by atoms with Gasteiger partial charge in [-0.05, 0) is 73.8 Å². The van der Waals surface area contributed by atoms with Crippen molar-refractivity contribution in [3.63, 3.8) is 0 Å². The fourth-order valence-corrected chi connectivity index (χ4v) is 8.48. The Bertz CT molecular complexity index is 3410. The van der Waals surface area contributed by atoms with E-state index in [0.29, 0.717) is 0 Å². The number of fused-ring (bicyclic) bond motifs is 5. The van der Waals surface area contributed by atoms with E-state index < -0.39 is 0 Å². The van der Waals surface area contributed by atoms with E-state index in [9.17, 15) is 0 Å². The van der Waals surface area contributed by atoms with Crippen molar-refractivity contribution in [2.24, 2.45) is 0 Å². The first-order valence-electron chi connectivity index (χ1n) is 20.7. The largest absolute Gasteiger partial charge is 0.557 e. The third kappa shape index (κ3) is 7.55. The van der Waals surface area contributed by atoms with Gasteiger partial charge in [0.05, 0.1) is 22.5 Å². The maximum atomic E-state index is 6.16. The minimum atomic E-state index is 0. The molecule has 12 aromatic rings. The number of nitrogens with zero attached hydrogens (tertiary/aromatic N) is 3. The standard InChI is InChI=1S/C47H29N2O.C11H8N.Ir/c1-3-12-31(13-4-1)38-18-11-19-39(32-14-5-2-6-15-32)46(38)49-44-21-10-9-20-43(44)48-47(49)42-30-50-45-27-26-36(29-41(42)45)35-25-24-34-23-22-33-16-7-8-17-37(33)40(34)28-35;1-2-6-10(7-3-1)11-8-4-5-9-12-11;/h1-29H;1-6,8-9H;/q2*-1;. The zero-order valence-electron chi connectivity index (χ0n) is 33.9. The van der Waals surface area contributed by atoms with Gasteiger partial charge in [0, 0.05) is 49.3 Å². The van der Waals surface area contributed by atoms with E-state index in [0.717, 1.165) is 83.7 Å². The predicted molar refractivity (Wildman–Crippen MR) is 255 cm³/mol. The first-order chi connectivity index (χ1) is 30.8. The SMILES string of the molecule is [Ir].[c-]1ccccc1-c1ccccn1.[c-]1oc2ccc(-c3ccc4ccc5ccccc5c4c3)cc2c1-c1nc2ccccc2n1-c1c(-c2ccccc2)cccc1-c1ccccc1. The maximum absolute atomic E-state index is 6.16. The molecule has 0 fully saturated rings. The zero-order chi connectivity index (χ0) is 41.2. The minimum Gasteiger partial charge on any atom is -0.557 e. The Labute approximate surface area is 379 Å². The van der Waals surface area contributed by atoms with Crippen LogP contribution in [0.3, 0.4) is 0 Å². The second-order valence-electron chi connectivity index (χ2n) is 15.2. The summed E-state index contributed by atoms with van der Waals surface area (Å²) in [6.07, 6.45) is 5.08. The van der Waals surface area contributed by atoms with E-state index >= 15 is 0 Å². The molecule has 3 heterocycles. The Morgan fingerprint density at radius 2 is 1.11 bits per heavy atom. The second kappa shape index (κ2) is 17.4. The normalized spacial score (nSPS) is 11.0. The number of rotatable bonds is 6. The molecular weight excluding hydrogens is 947 g/mol. The van der Waals surface area contributed by atoms with Crippen LogP contribution in [0.1, 0.15) is 0 Å². The topological polar surface area (TPSA) is 43.9 Å². The molecule has 4 nitrogen and oxygen atoms in total. The van der Waals surface area contributed by atoms with E-state index in [1.54, 1.807) is 6.20 Å². The molecule has 0 N–H and O–H groups in total. The summed E-state index contributed by atoms with van der Waals surface area (Å²) in [6.45, 7) is 0. The molecule has 12 rings (SSSR count). The number of pyridine rings is 1. The van der Waals surface area contributed by atoms with Crippen LogP contribution >= 0.6 is 0 Å². The van der Waals surface area contributed by atoms with Crippen LogP contribution in [0.15, 0.2) is 229 Å². The van der Waals surface area contributed by atoms with Crippen LogP contribution in [-0.4, -0.2) is 14.5 Å². The van der Waals surface area contributed by atoms with Gasteiger partial charge in [-0.2, -0.15) is 0 Å². The Morgan fingerprint density at radius 1 is 0.476 bits per heavy atom. The van der Waals surface area contributed by atoms with Gasteiger partial charge in [0.25, 0.3) is 0 Å². The number of para-hydroxylation sites is 3. The fourth-order valence-electron chi connectivity index (χ4n) is 8.48. The van der Waals surface area contributed by atoms with Crippen LogP contribution in [-0.2, 0) is 20.1 Å². The van der Waals surface area contributed by atoms with Gasteiger partial charge >= 0.3 is 0 Å². The summed E-state index contributed by atoms with van der Waals surface area (Å²) >= 11 is 0. The van der Waals surface area contributed by atoms with Crippen LogP contribution < -0.4 is 0 Å². The summed E-state index contributed by atoms with van der Waals surface area (Å²) < 4.78 is 8.46. The summed E-state index contributed by atoms with van der Waals surface area (Å²) in [6, 6.07) is 79.0. The number of aromatic nitrogens is 3. The molecule has 5 heteroatoms. The molecule has 0 amide bonds. The number of furan rings is 1. The molecule has 0 aliphatic rings. The third-order valence-corrected chi connectivity index (χ3v) is 11.5. The second-order valence-corrected chi connectivity index (χ2v) is 15.2. The van der Waals surface area contributed by atoms with Crippen molar-refractivity contribution < 1.29 is 24.5 Å². The maximum Gasteiger partial charge on any atom is 0.0774 e. The van der Waals surface area contributed by atoms with Gasteiger partial charge in [-0.1, -0.05) is 181 Å². The van der Waals surface area contributed by atoms with Gasteiger partial charge in [0.15, 0.2) is 0 Å². The van der Waals surface area contributed by atoms with Gasteiger partial charge in [-0.3, -0.25) is 4.98 Å². The quantitative estimate of drug-likeness (QED) is 0.123. The Balaban J connectivity index is 0.000000314. The molecule has 301 valence electrons. The van der Waals surface area contributed by atoms with Crippen LogP contribution in [0.25, 0.3) is 105 Å². The van der Waals surface area contributed by atoms with Crippen LogP contribution in [0.2, 0.25) is 0 Å². The molecule has 0 unspecified atom stereocenters. The fraction of sp³-hybridized carbons (Fsp3) is 0. The average molecular weight is 984 g/mol. The van der Waals surface area contributed by atoms with Crippen LogP contribution in [0.5, 0.6) is 0 Å². The zero-order valence-corrected chi connectivity index (χ0v) is 36.3. The minimum absolute atomic E-state index is 0. The molecule has 0 atom stereocenters. The van der Waals surface area contributed by atoms with E-state index in [1.807, 2.05) is 48.5 Å². The molecule has 0 aliphatic heterocycles. The van der Waals surface area contributed by atoms with E-state index in [2.05, 4.69) is 192 Å². The van der Waals surface area contributed by atoms with Gasteiger partial charge in [-0.15, -0.1) is 35.9 Å². The molecule has 0 saturated heterocycles. The number of imidazole rings is 1. The van der Waals surface area contributed by atoms with E-state index in [1.165, 1.54) is 21.5 Å². The van der Waals surface area contributed by atoms with Crippen molar-refractivity contribution >= 4 is 43.5 Å². The first kappa shape index (κ1) is 39.4. The van der Waals surface area contributed by atoms with Gasteiger partial charge in [0.1, 0.15) is 0 Å². The average Bonchev–Trinajstić information content (AvgIpc) is 3.96. The Hall–Kier alpha value is -7.69. The van der Waals surface area contributed by atoms with Crippen LogP contribution in [0, 0.1) is 12.3 Å². The molecule has 63 heavy (non-hydrogen) atoms. The summed E-state index contributed by atoms with van der Waals surface area (Å²) in [7, 11) is 0. The van der Waals surface area contributed by atoms with Crippen molar-refractivity contribution in [3.05, 3.63) is 237 Å². The van der Waals surface area contributed by atoms with Crippen molar-refractivity contribution in [3.8, 4) is 61.7 Å². The van der Waals surface area contributed by atoms with Crippen molar-refractivity contribution in [2.75, 3.05) is 0 Å². The van der Waals surface area contributed by atoms with Gasteiger partial charge in [-0.25, -0.2) is 0 Å². The monoisotopic (exact) mass is 984 g/mol. The smallest absolute Gasteiger partial charge is 0.0774 e. The molecule has 9 aromatic carbocycles.